The highest BCUT2D eigenvalue weighted by Gasteiger charge is 2.37. The lowest BCUT2D eigenvalue weighted by Gasteiger charge is -2.40. The third kappa shape index (κ3) is 3.61. The quantitative estimate of drug-likeness (QED) is 0.529. The summed E-state index contributed by atoms with van der Waals surface area (Å²) in [4.78, 5) is 22.9. The molecule has 1 rings (SSSR count). The highest BCUT2D eigenvalue weighted by atomic mass is 32.2. The first-order valence-corrected chi connectivity index (χ1v) is 7.02. The lowest BCUT2D eigenvalue weighted by molar-refractivity contribution is -0.148. The number of esters is 1. The van der Waals surface area contributed by atoms with E-state index < -0.39 is 17.9 Å². The molecule has 17 heavy (non-hydrogen) atoms. The molecule has 0 aromatic carbocycles. The van der Waals surface area contributed by atoms with Crippen LogP contribution in [0.15, 0.2) is 0 Å². The molecule has 6 heteroatoms. The number of hydrogen-bond acceptors (Lipinski definition) is 5. The van der Waals surface area contributed by atoms with E-state index in [-0.39, 0.29) is 11.4 Å². The number of carbonyl (C=O) groups is 2. The van der Waals surface area contributed by atoms with Gasteiger partial charge in [0.25, 0.3) is 0 Å². The molecule has 1 aliphatic carbocycles. The van der Waals surface area contributed by atoms with Gasteiger partial charge in [0.15, 0.2) is 6.04 Å². The average molecular weight is 260 g/mol. The molecule has 0 aromatic rings. The standard InChI is InChI=1S/C11H20N2O3S/c1-3-16-10(15)8(12)9(14)13-7-11(17-2)5-4-6-11/h8H,3-7,12H2,1-2H3,(H,13,14). The first-order valence-electron chi connectivity index (χ1n) is 5.80. The summed E-state index contributed by atoms with van der Waals surface area (Å²) in [6.45, 7) is 2.48. The minimum atomic E-state index is -1.21. The van der Waals surface area contributed by atoms with Crippen LogP contribution in [0.5, 0.6) is 0 Å². The maximum atomic E-state index is 11.6. The summed E-state index contributed by atoms with van der Waals surface area (Å²) in [5.41, 5.74) is 5.48. The second kappa shape index (κ2) is 6.26. The molecule has 0 heterocycles. The van der Waals surface area contributed by atoms with Crippen molar-refractivity contribution in [2.24, 2.45) is 5.73 Å². The van der Waals surface area contributed by atoms with E-state index in [2.05, 4.69) is 5.32 Å². The van der Waals surface area contributed by atoms with Crippen LogP contribution >= 0.6 is 11.8 Å². The van der Waals surface area contributed by atoms with Crippen LogP contribution in [0.1, 0.15) is 26.2 Å². The van der Waals surface area contributed by atoms with Crippen molar-refractivity contribution >= 4 is 23.6 Å². The molecule has 1 unspecified atom stereocenters. The smallest absolute Gasteiger partial charge is 0.332 e. The monoisotopic (exact) mass is 260 g/mol. The first kappa shape index (κ1) is 14.3. The van der Waals surface area contributed by atoms with Crippen molar-refractivity contribution in [3.8, 4) is 0 Å². The molecule has 3 N–H and O–H groups in total. The van der Waals surface area contributed by atoms with Gasteiger partial charge in [-0.1, -0.05) is 6.42 Å². The van der Waals surface area contributed by atoms with E-state index in [0.717, 1.165) is 12.8 Å². The number of carbonyl (C=O) groups excluding carboxylic acids is 2. The van der Waals surface area contributed by atoms with E-state index in [1.165, 1.54) is 6.42 Å². The first-order chi connectivity index (χ1) is 8.04. The number of rotatable bonds is 6. The molecule has 5 nitrogen and oxygen atoms in total. The molecule has 1 atom stereocenters. The van der Waals surface area contributed by atoms with Crippen LogP contribution in [-0.4, -0.2) is 42.1 Å². The maximum absolute atomic E-state index is 11.6. The second-order valence-electron chi connectivity index (χ2n) is 4.19. The molecular formula is C11H20N2O3S. The summed E-state index contributed by atoms with van der Waals surface area (Å²) < 4.78 is 4.84. The van der Waals surface area contributed by atoms with E-state index in [0.29, 0.717) is 6.54 Å². The third-order valence-electron chi connectivity index (χ3n) is 3.11. The van der Waals surface area contributed by atoms with Gasteiger partial charge in [0.1, 0.15) is 0 Å². The minimum Gasteiger partial charge on any atom is -0.464 e. The van der Waals surface area contributed by atoms with Gasteiger partial charge >= 0.3 is 5.97 Å². The second-order valence-corrected chi connectivity index (χ2v) is 5.46. The van der Waals surface area contributed by atoms with Gasteiger partial charge in [-0.3, -0.25) is 4.79 Å². The van der Waals surface area contributed by atoms with Crippen molar-refractivity contribution in [2.75, 3.05) is 19.4 Å². The molecule has 1 aliphatic rings. The number of amides is 1. The normalized spacial score (nSPS) is 19.0. The van der Waals surface area contributed by atoms with Crippen molar-refractivity contribution < 1.29 is 14.3 Å². The Hall–Kier alpha value is -0.750. The van der Waals surface area contributed by atoms with Gasteiger partial charge in [0.2, 0.25) is 5.91 Å². The van der Waals surface area contributed by atoms with E-state index in [1.807, 2.05) is 6.26 Å². The van der Waals surface area contributed by atoms with Gasteiger partial charge in [-0.2, -0.15) is 11.8 Å². The Bertz CT molecular complexity index is 287. The van der Waals surface area contributed by atoms with Gasteiger partial charge < -0.3 is 15.8 Å². The highest BCUT2D eigenvalue weighted by molar-refractivity contribution is 8.00. The largest absolute Gasteiger partial charge is 0.464 e. The van der Waals surface area contributed by atoms with E-state index in [4.69, 9.17) is 10.5 Å². The lowest BCUT2D eigenvalue weighted by atomic mass is 9.84. The van der Waals surface area contributed by atoms with E-state index >= 15 is 0 Å². The topological polar surface area (TPSA) is 81.4 Å². The van der Waals surface area contributed by atoms with Crippen molar-refractivity contribution in [3.05, 3.63) is 0 Å². The zero-order valence-corrected chi connectivity index (χ0v) is 11.1. The summed E-state index contributed by atoms with van der Waals surface area (Å²) >= 11 is 1.76. The fourth-order valence-electron chi connectivity index (χ4n) is 1.72. The Morgan fingerprint density at radius 1 is 1.53 bits per heavy atom. The molecule has 0 bridgehead atoms. The summed E-state index contributed by atoms with van der Waals surface area (Å²) in [6.07, 6.45) is 5.43. The van der Waals surface area contributed by atoms with Crippen molar-refractivity contribution in [3.63, 3.8) is 0 Å². The van der Waals surface area contributed by atoms with Crippen LogP contribution in [0.4, 0.5) is 0 Å². The predicted octanol–water partition coefficient (Wildman–Crippen LogP) is 0.279. The number of nitrogens with one attached hydrogen (secondary N) is 1. The third-order valence-corrected chi connectivity index (χ3v) is 4.52. The lowest BCUT2D eigenvalue weighted by Crippen LogP contribution is -2.52. The molecule has 1 saturated carbocycles. The highest BCUT2D eigenvalue weighted by Crippen LogP contribution is 2.42. The SMILES string of the molecule is CCOC(=O)C(N)C(=O)NCC1(SC)CCC1. The van der Waals surface area contributed by atoms with Gasteiger partial charge in [-0.25, -0.2) is 4.79 Å². The summed E-state index contributed by atoms with van der Waals surface area (Å²) in [6, 6.07) is -1.21. The zero-order valence-electron chi connectivity index (χ0n) is 10.3. The van der Waals surface area contributed by atoms with E-state index in [9.17, 15) is 9.59 Å². The van der Waals surface area contributed by atoms with Gasteiger partial charge in [0.05, 0.1) is 6.61 Å². The molecular weight excluding hydrogens is 240 g/mol. The fraction of sp³-hybridized carbons (Fsp3) is 0.818. The molecule has 0 spiro atoms. The number of nitrogens with two attached hydrogens (primary N) is 1. The molecule has 1 amide bonds. The van der Waals surface area contributed by atoms with Gasteiger partial charge in [-0.15, -0.1) is 0 Å². The Labute approximate surface area is 106 Å². The molecule has 0 saturated heterocycles. The molecule has 0 aromatic heterocycles. The fourth-order valence-corrected chi connectivity index (χ4v) is 2.63. The number of hydrogen-bond donors (Lipinski definition) is 2. The number of thioether (sulfide) groups is 1. The van der Waals surface area contributed by atoms with Crippen LogP contribution in [-0.2, 0) is 14.3 Å². The molecule has 98 valence electrons. The van der Waals surface area contributed by atoms with Crippen molar-refractivity contribution in [2.45, 2.75) is 37.0 Å². The Morgan fingerprint density at radius 2 is 2.18 bits per heavy atom. The maximum Gasteiger partial charge on any atom is 0.332 e. The zero-order chi connectivity index (χ0) is 12.9. The molecule has 1 fully saturated rings. The predicted molar refractivity (Wildman–Crippen MR) is 67.7 cm³/mol. The van der Waals surface area contributed by atoms with E-state index in [1.54, 1.807) is 18.7 Å². The Morgan fingerprint density at radius 3 is 2.59 bits per heavy atom. The van der Waals surface area contributed by atoms with Crippen LogP contribution < -0.4 is 11.1 Å². The summed E-state index contributed by atoms with van der Waals surface area (Å²) in [7, 11) is 0. The van der Waals surface area contributed by atoms with Crippen molar-refractivity contribution in [1.82, 2.24) is 5.32 Å². The summed E-state index contributed by atoms with van der Waals surface area (Å²) in [5.74, 6) is -1.12. The van der Waals surface area contributed by atoms with Crippen LogP contribution in [0.2, 0.25) is 0 Å². The van der Waals surface area contributed by atoms with Crippen LogP contribution in [0.25, 0.3) is 0 Å². The average Bonchev–Trinajstić information content (AvgIpc) is 2.27. The van der Waals surface area contributed by atoms with Crippen LogP contribution in [0.3, 0.4) is 0 Å². The Kier molecular flexibility index (Phi) is 5.27. The molecule has 0 aliphatic heterocycles. The minimum absolute atomic E-state index is 0.143. The van der Waals surface area contributed by atoms with Gasteiger partial charge in [0, 0.05) is 11.3 Å². The molecule has 0 radical (unpaired) electrons. The Balaban J connectivity index is 2.36. The van der Waals surface area contributed by atoms with Gasteiger partial charge in [-0.05, 0) is 26.0 Å². The number of ether oxygens (including phenoxy) is 1. The van der Waals surface area contributed by atoms with Crippen molar-refractivity contribution in [1.29, 1.82) is 0 Å². The van der Waals surface area contributed by atoms with Crippen LogP contribution in [0, 0.1) is 0 Å². The summed E-state index contributed by atoms with van der Waals surface area (Å²) in [5, 5.41) is 2.73.